The van der Waals surface area contributed by atoms with E-state index in [1.165, 1.54) is 27.8 Å². The number of rotatable bonds is 2. The van der Waals surface area contributed by atoms with Gasteiger partial charge in [-0.05, 0) is 57.5 Å². The van der Waals surface area contributed by atoms with Crippen LogP contribution in [0.3, 0.4) is 0 Å². The molecule has 0 saturated carbocycles. The number of benzene rings is 3. The SMILES string of the molecule is NCc1cc(O)ccc1-c1cccc2c1Cc1ccccc1-2. The van der Waals surface area contributed by atoms with Gasteiger partial charge in [-0.2, -0.15) is 0 Å². The lowest BCUT2D eigenvalue weighted by Gasteiger charge is -2.13. The van der Waals surface area contributed by atoms with E-state index in [0.29, 0.717) is 6.54 Å². The van der Waals surface area contributed by atoms with Crippen molar-refractivity contribution in [2.45, 2.75) is 13.0 Å². The first-order valence-electron chi connectivity index (χ1n) is 7.50. The molecule has 0 amide bonds. The van der Waals surface area contributed by atoms with Crippen molar-refractivity contribution in [2.75, 3.05) is 0 Å². The molecule has 3 N–H and O–H groups in total. The monoisotopic (exact) mass is 287 g/mol. The van der Waals surface area contributed by atoms with Gasteiger partial charge >= 0.3 is 0 Å². The molecule has 0 saturated heterocycles. The standard InChI is InChI=1S/C20H17NO/c21-12-14-10-15(22)8-9-17(14)19-7-3-6-18-16-5-2-1-4-13(16)11-20(18)19/h1-10,22H,11-12,21H2. The highest BCUT2D eigenvalue weighted by Gasteiger charge is 2.21. The molecule has 2 heteroatoms. The first-order valence-corrected chi connectivity index (χ1v) is 7.50. The van der Waals surface area contributed by atoms with E-state index in [2.05, 4.69) is 42.5 Å². The van der Waals surface area contributed by atoms with Crippen LogP contribution in [0, 0.1) is 0 Å². The van der Waals surface area contributed by atoms with E-state index in [1.807, 2.05) is 6.07 Å². The zero-order valence-corrected chi connectivity index (χ0v) is 12.2. The summed E-state index contributed by atoms with van der Waals surface area (Å²) in [7, 11) is 0. The van der Waals surface area contributed by atoms with Crippen LogP contribution >= 0.6 is 0 Å². The normalized spacial score (nSPS) is 12.0. The molecule has 0 atom stereocenters. The number of nitrogens with two attached hydrogens (primary N) is 1. The average Bonchev–Trinajstić information content (AvgIpc) is 2.93. The number of phenols is 1. The summed E-state index contributed by atoms with van der Waals surface area (Å²) in [4.78, 5) is 0. The van der Waals surface area contributed by atoms with Gasteiger partial charge in [-0.3, -0.25) is 0 Å². The zero-order valence-electron chi connectivity index (χ0n) is 12.2. The fourth-order valence-electron chi connectivity index (χ4n) is 3.42. The van der Waals surface area contributed by atoms with Gasteiger partial charge in [-0.25, -0.2) is 0 Å². The van der Waals surface area contributed by atoms with Gasteiger partial charge < -0.3 is 10.8 Å². The average molecular weight is 287 g/mol. The van der Waals surface area contributed by atoms with Crippen LogP contribution in [0.1, 0.15) is 16.7 Å². The number of fused-ring (bicyclic) bond motifs is 3. The van der Waals surface area contributed by atoms with E-state index in [1.54, 1.807) is 12.1 Å². The lowest BCUT2D eigenvalue weighted by molar-refractivity contribution is 0.474. The number of hydrogen-bond acceptors (Lipinski definition) is 2. The Morgan fingerprint density at radius 2 is 1.55 bits per heavy atom. The van der Waals surface area contributed by atoms with Crippen LogP contribution in [0.15, 0.2) is 60.7 Å². The summed E-state index contributed by atoms with van der Waals surface area (Å²) in [6.07, 6.45) is 0.951. The Kier molecular flexibility index (Phi) is 2.98. The fourth-order valence-corrected chi connectivity index (χ4v) is 3.42. The Hall–Kier alpha value is -2.58. The molecule has 0 heterocycles. The highest BCUT2D eigenvalue weighted by molar-refractivity contribution is 5.85. The van der Waals surface area contributed by atoms with Crippen LogP contribution in [-0.4, -0.2) is 5.11 Å². The maximum Gasteiger partial charge on any atom is 0.115 e. The summed E-state index contributed by atoms with van der Waals surface area (Å²) in [5, 5.41) is 9.70. The second-order valence-electron chi connectivity index (χ2n) is 5.71. The molecule has 0 unspecified atom stereocenters. The van der Waals surface area contributed by atoms with Crippen LogP contribution < -0.4 is 5.73 Å². The van der Waals surface area contributed by atoms with Crippen molar-refractivity contribution in [1.29, 1.82) is 0 Å². The van der Waals surface area contributed by atoms with Crippen molar-refractivity contribution in [2.24, 2.45) is 5.73 Å². The van der Waals surface area contributed by atoms with Gasteiger partial charge in [-0.15, -0.1) is 0 Å². The van der Waals surface area contributed by atoms with Crippen molar-refractivity contribution in [1.82, 2.24) is 0 Å². The minimum absolute atomic E-state index is 0.264. The molecule has 4 rings (SSSR count). The van der Waals surface area contributed by atoms with Gasteiger partial charge in [0.25, 0.3) is 0 Å². The smallest absolute Gasteiger partial charge is 0.115 e. The van der Waals surface area contributed by atoms with Crippen molar-refractivity contribution in [3.63, 3.8) is 0 Å². The summed E-state index contributed by atoms with van der Waals surface area (Å²) in [5.41, 5.74) is 14.5. The number of hydrogen-bond donors (Lipinski definition) is 2. The molecule has 0 aromatic heterocycles. The molecular formula is C20H17NO. The molecule has 1 aliphatic carbocycles. The third-order valence-corrected chi connectivity index (χ3v) is 4.45. The Bertz CT molecular complexity index is 867. The Labute approximate surface area is 129 Å². The molecule has 3 aromatic carbocycles. The highest BCUT2D eigenvalue weighted by Crippen LogP contribution is 2.42. The highest BCUT2D eigenvalue weighted by atomic mass is 16.3. The second kappa shape index (κ2) is 5.00. The molecule has 0 fully saturated rings. The third-order valence-electron chi connectivity index (χ3n) is 4.45. The fraction of sp³-hybridized carbons (Fsp3) is 0.100. The largest absolute Gasteiger partial charge is 0.508 e. The maximum atomic E-state index is 9.70. The lowest BCUT2D eigenvalue weighted by atomic mass is 9.92. The molecule has 22 heavy (non-hydrogen) atoms. The topological polar surface area (TPSA) is 46.2 Å². The predicted molar refractivity (Wildman–Crippen MR) is 89.7 cm³/mol. The van der Waals surface area contributed by atoms with E-state index in [0.717, 1.165) is 17.5 Å². The van der Waals surface area contributed by atoms with Crippen molar-refractivity contribution >= 4 is 0 Å². The van der Waals surface area contributed by atoms with Crippen molar-refractivity contribution in [3.05, 3.63) is 77.4 Å². The lowest BCUT2D eigenvalue weighted by Crippen LogP contribution is -2.00. The summed E-state index contributed by atoms with van der Waals surface area (Å²) in [6.45, 7) is 0.417. The quantitative estimate of drug-likeness (QED) is 0.583. The first-order chi connectivity index (χ1) is 10.8. The summed E-state index contributed by atoms with van der Waals surface area (Å²) < 4.78 is 0. The van der Waals surface area contributed by atoms with Crippen molar-refractivity contribution < 1.29 is 5.11 Å². The molecule has 3 aromatic rings. The van der Waals surface area contributed by atoms with Crippen LogP contribution in [0.5, 0.6) is 5.75 Å². The van der Waals surface area contributed by atoms with Crippen LogP contribution in [0.25, 0.3) is 22.3 Å². The van der Waals surface area contributed by atoms with Gasteiger partial charge in [0.1, 0.15) is 5.75 Å². The minimum Gasteiger partial charge on any atom is -0.508 e. The molecular weight excluding hydrogens is 270 g/mol. The Morgan fingerprint density at radius 3 is 2.36 bits per heavy atom. The minimum atomic E-state index is 0.264. The summed E-state index contributed by atoms with van der Waals surface area (Å²) in [5.74, 6) is 0.264. The van der Waals surface area contributed by atoms with E-state index >= 15 is 0 Å². The van der Waals surface area contributed by atoms with Gasteiger partial charge in [-0.1, -0.05) is 48.5 Å². The first kappa shape index (κ1) is 13.1. The van der Waals surface area contributed by atoms with Crippen LogP contribution in [0.2, 0.25) is 0 Å². The van der Waals surface area contributed by atoms with E-state index in [4.69, 9.17) is 5.73 Å². The van der Waals surface area contributed by atoms with Crippen LogP contribution in [-0.2, 0) is 13.0 Å². The van der Waals surface area contributed by atoms with Crippen LogP contribution in [0.4, 0.5) is 0 Å². The molecule has 0 radical (unpaired) electrons. The Balaban J connectivity index is 1.93. The van der Waals surface area contributed by atoms with E-state index in [-0.39, 0.29) is 5.75 Å². The summed E-state index contributed by atoms with van der Waals surface area (Å²) >= 11 is 0. The molecule has 0 aliphatic heterocycles. The zero-order chi connectivity index (χ0) is 15.1. The van der Waals surface area contributed by atoms with Gasteiger partial charge in [0, 0.05) is 6.54 Å². The third kappa shape index (κ3) is 1.92. The van der Waals surface area contributed by atoms with Gasteiger partial charge in [0.05, 0.1) is 0 Å². The number of aromatic hydroxyl groups is 1. The molecule has 0 bridgehead atoms. The van der Waals surface area contributed by atoms with Crippen molar-refractivity contribution in [3.8, 4) is 28.0 Å². The molecule has 1 aliphatic rings. The molecule has 0 spiro atoms. The molecule has 2 nitrogen and oxygen atoms in total. The maximum absolute atomic E-state index is 9.70. The van der Waals surface area contributed by atoms with Gasteiger partial charge in [0.2, 0.25) is 0 Å². The van der Waals surface area contributed by atoms with E-state index in [9.17, 15) is 5.11 Å². The predicted octanol–water partition coefficient (Wildman–Crippen LogP) is 4.09. The Morgan fingerprint density at radius 1 is 0.818 bits per heavy atom. The number of phenolic OH excluding ortho intramolecular Hbond substituents is 1. The van der Waals surface area contributed by atoms with Gasteiger partial charge in [0.15, 0.2) is 0 Å². The second-order valence-corrected chi connectivity index (χ2v) is 5.71. The van der Waals surface area contributed by atoms with E-state index < -0.39 is 0 Å². The summed E-state index contributed by atoms with van der Waals surface area (Å²) in [6, 6.07) is 20.5. The molecule has 108 valence electrons.